The minimum absolute atomic E-state index is 0.00773. The molecule has 0 amide bonds. The number of hydrogen-bond acceptors (Lipinski definition) is 2. The molecule has 0 aliphatic carbocycles. The maximum Gasteiger partial charge on any atom is 0.0691 e. The lowest BCUT2D eigenvalue weighted by molar-refractivity contribution is 0.324. The maximum absolute atomic E-state index is 5.69. The molecule has 0 spiro atoms. The zero-order valence-corrected chi connectivity index (χ0v) is 9.06. The molecule has 2 atom stereocenters. The summed E-state index contributed by atoms with van der Waals surface area (Å²) < 4.78 is 0. The van der Waals surface area contributed by atoms with Gasteiger partial charge in [0.2, 0.25) is 0 Å². The van der Waals surface area contributed by atoms with Gasteiger partial charge in [0.05, 0.1) is 6.04 Å². The smallest absolute Gasteiger partial charge is 0.0691 e. The van der Waals surface area contributed by atoms with Crippen LogP contribution in [0.2, 0.25) is 0 Å². The predicted molar refractivity (Wildman–Crippen MR) is 58.4 cm³/mol. The van der Waals surface area contributed by atoms with E-state index in [0.717, 1.165) is 19.3 Å². The van der Waals surface area contributed by atoms with Gasteiger partial charge >= 0.3 is 0 Å². The van der Waals surface area contributed by atoms with Crippen LogP contribution in [0.3, 0.4) is 0 Å². The second-order valence-corrected chi connectivity index (χ2v) is 3.77. The van der Waals surface area contributed by atoms with Crippen molar-refractivity contribution < 1.29 is 0 Å². The van der Waals surface area contributed by atoms with Crippen molar-refractivity contribution in [1.82, 2.24) is 5.32 Å². The lowest BCUT2D eigenvalue weighted by Crippen LogP contribution is -2.52. The van der Waals surface area contributed by atoms with Gasteiger partial charge in [0, 0.05) is 12.1 Å². The molecule has 0 aliphatic rings. The molecule has 3 N–H and O–H groups in total. The molecular formula is C11H22N2. The largest absolute Gasteiger partial charge is 0.329 e. The fourth-order valence-electron chi connectivity index (χ4n) is 1.21. The lowest BCUT2D eigenvalue weighted by Gasteiger charge is -2.31. The molecule has 0 heterocycles. The second-order valence-electron chi connectivity index (χ2n) is 3.77. The number of rotatable bonds is 6. The van der Waals surface area contributed by atoms with Gasteiger partial charge < -0.3 is 5.73 Å². The summed E-state index contributed by atoms with van der Waals surface area (Å²) in [6, 6.07) is 0.165. The van der Waals surface area contributed by atoms with Crippen LogP contribution < -0.4 is 11.1 Å². The molecule has 0 aliphatic heterocycles. The van der Waals surface area contributed by atoms with E-state index < -0.39 is 0 Å². The minimum atomic E-state index is -0.00773. The van der Waals surface area contributed by atoms with Gasteiger partial charge in [-0.15, -0.1) is 6.42 Å². The van der Waals surface area contributed by atoms with Crippen molar-refractivity contribution >= 4 is 0 Å². The first-order valence-corrected chi connectivity index (χ1v) is 5.05. The van der Waals surface area contributed by atoms with E-state index in [4.69, 9.17) is 12.2 Å². The highest BCUT2D eigenvalue weighted by Crippen LogP contribution is 2.09. The fraction of sp³-hybridized carbons (Fsp3) is 0.818. The molecule has 0 aromatic carbocycles. The third-order valence-electron chi connectivity index (χ3n) is 2.53. The SMILES string of the molecule is C#CC(CCC)NC(C)(CC)CN. The molecule has 0 rings (SSSR count). The van der Waals surface area contributed by atoms with Crippen molar-refractivity contribution in [1.29, 1.82) is 0 Å². The summed E-state index contributed by atoms with van der Waals surface area (Å²) in [7, 11) is 0. The monoisotopic (exact) mass is 182 g/mol. The summed E-state index contributed by atoms with van der Waals surface area (Å²) in [5.41, 5.74) is 5.68. The van der Waals surface area contributed by atoms with Crippen LogP contribution in [0, 0.1) is 12.3 Å². The Morgan fingerprint density at radius 2 is 2.15 bits per heavy atom. The van der Waals surface area contributed by atoms with Crippen molar-refractivity contribution in [3.05, 3.63) is 0 Å². The Balaban J connectivity index is 4.13. The summed E-state index contributed by atoms with van der Waals surface area (Å²) in [6.45, 7) is 7.01. The van der Waals surface area contributed by atoms with E-state index in [1.165, 1.54) is 0 Å². The molecule has 13 heavy (non-hydrogen) atoms. The molecule has 0 bridgehead atoms. The molecular weight excluding hydrogens is 160 g/mol. The van der Waals surface area contributed by atoms with Gasteiger partial charge in [-0.25, -0.2) is 0 Å². The highest BCUT2D eigenvalue weighted by Gasteiger charge is 2.22. The number of terminal acetylenes is 1. The topological polar surface area (TPSA) is 38.0 Å². The van der Waals surface area contributed by atoms with Crippen LogP contribution in [0.25, 0.3) is 0 Å². The average molecular weight is 182 g/mol. The molecule has 0 fully saturated rings. The van der Waals surface area contributed by atoms with Gasteiger partial charge in [-0.2, -0.15) is 0 Å². The van der Waals surface area contributed by atoms with Gasteiger partial charge in [-0.3, -0.25) is 5.32 Å². The van der Waals surface area contributed by atoms with Crippen molar-refractivity contribution in [3.63, 3.8) is 0 Å². The van der Waals surface area contributed by atoms with E-state index in [1.807, 2.05) is 0 Å². The van der Waals surface area contributed by atoms with Crippen LogP contribution in [0.4, 0.5) is 0 Å². The van der Waals surface area contributed by atoms with E-state index in [-0.39, 0.29) is 11.6 Å². The first-order chi connectivity index (χ1) is 6.11. The maximum atomic E-state index is 5.69. The number of nitrogens with two attached hydrogens (primary N) is 1. The number of hydrogen-bond donors (Lipinski definition) is 2. The van der Waals surface area contributed by atoms with Crippen LogP contribution in [-0.2, 0) is 0 Å². The van der Waals surface area contributed by atoms with E-state index in [9.17, 15) is 0 Å². The Kier molecular flexibility index (Phi) is 5.77. The Bertz CT molecular complexity index is 165. The van der Waals surface area contributed by atoms with Crippen LogP contribution in [-0.4, -0.2) is 18.1 Å². The molecule has 2 nitrogen and oxygen atoms in total. The van der Waals surface area contributed by atoms with Gasteiger partial charge in [0.25, 0.3) is 0 Å². The van der Waals surface area contributed by atoms with E-state index >= 15 is 0 Å². The molecule has 2 unspecified atom stereocenters. The van der Waals surface area contributed by atoms with Crippen LogP contribution in [0.15, 0.2) is 0 Å². The zero-order chi connectivity index (χ0) is 10.3. The molecule has 0 saturated heterocycles. The lowest BCUT2D eigenvalue weighted by atomic mass is 9.97. The molecule has 76 valence electrons. The predicted octanol–water partition coefficient (Wildman–Crippen LogP) is 1.51. The third kappa shape index (κ3) is 4.31. The summed E-state index contributed by atoms with van der Waals surface area (Å²) in [5, 5.41) is 3.42. The van der Waals surface area contributed by atoms with Crippen molar-refractivity contribution in [2.75, 3.05) is 6.54 Å². The van der Waals surface area contributed by atoms with Gasteiger partial charge in [-0.05, 0) is 19.8 Å². The molecule has 0 aromatic rings. The van der Waals surface area contributed by atoms with E-state index in [1.54, 1.807) is 0 Å². The zero-order valence-electron chi connectivity index (χ0n) is 9.06. The first-order valence-electron chi connectivity index (χ1n) is 5.05. The van der Waals surface area contributed by atoms with E-state index in [0.29, 0.717) is 6.54 Å². The van der Waals surface area contributed by atoms with Crippen molar-refractivity contribution in [2.24, 2.45) is 5.73 Å². The minimum Gasteiger partial charge on any atom is -0.329 e. The Hall–Kier alpha value is -0.520. The Morgan fingerprint density at radius 3 is 2.46 bits per heavy atom. The second kappa shape index (κ2) is 6.01. The third-order valence-corrected chi connectivity index (χ3v) is 2.53. The summed E-state index contributed by atoms with van der Waals surface area (Å²) in [4.78, 5) is 0. The highest BCUT2D eigenvalue weighted by molar-refractivity contribution is 5.02. The fourth-order valence-corrected chi connectivity index (χ4v) is 1.21. The highest BCUT2D eigenvalue weighted by atomic mass is 15.0. The van der Waals surface area contributed by atoms with E-state index in [2.05, 4.69) is 32.0 Å². The van der Waals surface area contributed by atoms with Crippen LogP contribution >= 0.6 is 0 Å². The molecule has 0 saturated carbocycles. The van der Waals surface area contributed by atoms with Crippen molar-refractivity contribution in [2.45, 2.75) is 51.6 Å². The van der Waals surface area contributed by atoms with Gasteiger partial charge in [0.1, 0.15) is 0 Å². The molecule has 0 aromatic heterocycles. The first kappa shape index (κ1) is 12.5. The standard InChI is InChI=1S/C11H22N2/c1-5-8-10(6-2)13-11(4,7-3)9-12/h2,10,13H,5,7-9,12H2,1,3-4H3. The molecule has 0 radical (unpaired) electrons. The molecule has 2 heteroatoms. The van der Waals surface area contributed by atoms with Crippen LogP contribution in [0.5, 0.6) is 0 Å². The summed E-state index contributed by atoms with van der Waals surface area (Å²) >= 11 is 0. The summed E-state index contributed by atoms with van der Waals surface area (Å²) in [6.07, 6.45) is 8.55. The normalized spacial score (nSPS) is 17.5. The van der Waals surface area contributed by atoms with Gasteiger partial charge in [-0.1, -0.05) is 26.2 Å². The number of nitrogens with one attached hydrogen (secondary N) is 1. The van der Waals surface area contributed by atoms with Gasteiger partial charge in [0.15, 0.2) is 0 Å². The Labute approximate surface area is 82.3 Å². The summed E-state index contributed by atoms with van der Waals surface area (Å²) in [5.74, 6) is 2.76. The quantitative estimate of drug-likeness (QED) is 0.611. The van der Waals surface area contributed by atoms with Crippen LogP contribution in [0.1, 0.15) is 40.0 Å². The Morgan fingerprint density at radius 1 is 1.54 bits per heavy atom. The van der Waals surface area contributed by atoms with Crippen molar-refractivity contribution in [3.8, 4) is 12.3 Å². The average Bonchev–Trinajstić information content (AvgIpc) is 2.17.